The van der Waals surface area contributed by atoms with E-state index in [0.29, 0.717) is 32.7 Å². The molecule has 0 amide bonds. The number of carbonyl (C=O) groups is 3. The summed E-state index contributed by atoms with van der Waals surface area (Å²) in [5.74, 6) is -1.88. The lowest BCUT2D eigenvalue weighted by Crippen LogP contribution is -2.29. The predicted octanol–water partition coefficient (Wildman–Crippen LogP) is 28.0. The second-order valence-electron chi connectivity index (χ2n) is 36.6. The summed E-state index contributed by atoms with van der Waals surface area (Å²) in [4.78, 5) is 73.2. The standard InChI is InChI=1S/C37H35ClN4O3S.C35H31ClN4O3S.C35H32ClN3O3S/c1-6-44-36(43)33(45-37(3,4)5)31-21(2)17-29-34(32(31)22-7-10-26(38)11-8-22)46-35(41-29)24-15-16-39-28(19-24)23-9-14-30-25(18-23)20-40-42(30)27-12-13-27;1-19-15-27-32(30(20-5-8-24(36)9-6-20)29(19)31(34(41)42)43-35(2,3)4)44-33(39-27)22-13-14-37-26(17-22)21-7-12-28-23(16-21)18-38-40(28)25-10-11-25;1-6-41-34(40)31(42-35(3,4)5)29-20(2)15-28-32(30(29)21-9-11-26(36)12-10-21)43-33(39-28)23-13-14-38-27(17-23)22-7-8-24-18-37-19-25(24)16-22/h7-11,14-20,27,33H,6,12-13H2,1-5H3;5-9,12-18,25,31H,10-11H2,1-4H3,(H,41,42);7-17,19,31H,6,18H2,1-5H3/t33-;2*31-/m000/s1. The molecule has 8 aromatic heterocycles. The first kappa shape index (κ1) is 91.4. The summed E-state index contributed by atoms with van der Waals surface area (Å²) in [6.45, 7) is 28.0. The number of pyridine rings is 3. The Balaban J connectivity index is 0.000000134. The van der Waals surface area contributed by atoms with Crippen LogP contribution >= 0.6 is 68.8 Å². The molecule has 0 radical (unpaired) electrons. The van der Waals surface area contributed by atoms with Crippen LogP contribution in [0.2, 0.25) is 15.1 Å². The first-order valence-corrected chi connectivity index (χ1v) is 48.0. The normalized spacial score (nSPS) is 14.0. The Bertz CT molecular complexity index is 7400. The number of carboxylic acids is 1. The highest BCUT2D eigenvalue weighted by Gasteiger charge is 2.38. The molecule has 9 aromatic carbocycles. The highest BCUT2D eigenvalue weighted by molar-refractivity contribution is 7.23. The van der Waals surface area contributed by atoms with Gasteiger partial charge in [0.25, 0.3) is 0 Å². The number of aliphatic carboxylic acids is 1. The molecule has 2 aliphatic carbocycles. The molecule has 674 valence electrons. The lowest BCUT2D eigenvalue weighted by Gasteiger charge is -2.29. The number of ether oxygens (including phenoxy) is 5. The molecule has 0 unspecified atom stereocenters. The van der Waals surface area contributed by atoms with E-state index < -0.39 is 53.0 Å². The monoisotopic (exact) mass is 1880 g/mol. The fourth-order valence-electron chi connectivity index (χ4n) is 17.0. The predicted molar refractivity (Wildman–Crippen MR) is 536 cm³/mol. The van der Waals surface area contributed by atoms with Crippen molar-refractivity contribution in [2.75, 3.05) is 13.2 Å². The lowest BCUT2D eigenvalue weighted by molar-refractivity contribution is -0.167. The van der Waals surface area contributed by atoms with Gasteiger partial charge in [0, 0.05) is 117 Å². The van der Waals surface area contributed by atoms with Gasteiger partial charge in [-0.3, -0.25) is 29.3 Å². The number of aliphatic imine (C=N–C) groups is 1. The quantitative estimate of drug-likeness (QED) is 0.0620. The van der Waals surface area contributed by atoms with E-state index in [4.69, 9.17) is 78.4 Å². The summed E-state index contributed by atoms with van der Waals surface area (Å²) in [6, 6.07) is 61.2. The molecule has 3 atom stereocenters. The van der Waals surface area contributed by atoms with Gasteiger partial charge in [0.05, 0.1) is 120 Å². The molecule has 1 N–H and O–H groups in total. The van der Waals surface area contributed by atoms with Crippen molar-refractivity contribution in [1.82, 2.24) is 49.5 Å². The van der Waals surface area contributed by atoms with Crippen LogP contribution in [0.4, 0.5) is 0 Å². The number of benzene rings is 9. The van der Waals surface area contributed by atoms with Crippen molar-refractivity contribution in [1.29, 1.82) is 0 Å². The number of aryl methyl sites for hydroxylation is 3. The molecular weight excluding hydrogens is 1790 g/mol. The Morgan fingerprint density at radius 3 is 1.09 bits per heavy atom. The molecule has 0 spiro atoms. The van der Waals surface area contributed by atoms with E-state index in [1.807, 2.05) is 229 Å². The molecule has 3 aliphatic rings. The smallest absolute Gasteiger partial charge is 0.339 e. The Kier molecular flexibility index (Phi) is 25.7. The molecule has 1 aliphatic heterocycles. The number of carboxylic acid groups (broad SMARTS) is 1. The second-order valence-corrected chi connectivity index (χ2v) is 40.9. The molecule has 17 aromatic rings. The van der Waals surface area contributed by atoms with Crippen LogP contribution in [0.15, 0.2) is 218 Å². The van der Waals surface area contributed by atoms with Crippen LogP contribution in [-0.2, 0) is 44.6 Å². The van der Waals surface area contributed by atoms with Gasteiger partial charge in [0.15, 0.2) is 18.3 Å². The number of thiazole rings is 3. The van der Waals surface area contributed by atoms with E-state index in [0.717, 1.165) is 191 Å². The first-order valence-electron chi connectivity index (χ1n) is 44.4. The van der Waals surface area contributed by atoms with Crippen LogP contribution in [0.1, 0.15) is 177 Å². The van der Waals surface area contributed by atoms with Gasteiger partial charge in [-0.1, -0.05) is 95.5 Å². The molecule has 0 saturated heterocycles. The zero-order valence-corrected chi connectivity index (χ0v) is 80.8. The van der Waals surface area contributed by atoms with Crippen molar-refractivity contribution in [3.63, 3.8) is 0 Å². The summed E-state index contributed by atoms with van der Waals surface area (Å²) in [7, 11) is 0. The number of aromatic nitrogens is 10. The van der Waals surface area contributed by atoms with Crippen LogP contribution in [0.3, 0.4) is 0 Å². The van der Waals surface area contributed by atoms with Gasteiger partial charge in [-0.15, -0.1) is 34.0 Å². The lowest BCUT2D eigenvalue weighted by atomic mass is 9.91. The van der Waals surface area contributed by atoms with Crippen molar-refractivity contribution in [3.8, 4) is 98.9 Å². The molecule has 0 bridgehead atoms. The minimum atomic E-state index is -1.16. The highest BCUT2D eigenvalue weighted by Crippen LogP contribution is 2.51. The van der Waals surface area contributed by atoms with E-state index >= 15 is 0 Å². The molecule has 26 heteroatoms. The summed E-state index contributed by atoms with van der Waals surface area (Å²) >= 11 is 23.5. The summed E-state index contributed by atoms with van der Waals surface area (Å²) in [5, 5.41) is 26.2. The van der Waals surface area contributed by atoms with Gasteiger partial charge in [0.2, 0.25) is 0 Å². The van der Waals surface area contributed by atoms with Crippen LogP contribution < -0.4 is 0 Å². The topological polar surface area (TPSA) is 243 Å². The zero-order valence-electron chi connectivity index (χ0n) is 76.1. The summed E-state index contributed by atoms with van der Waals surface area (Å²) in [6.07, 6.45) is 13.0. The van der Waals surface area contributed by atoms with Gasteiger partial charge in [-0.2, -0.15) is 10.2 Å². The maximum absolute atomic E-state index is 13.5. The number of esters is 2. The van der Waals surface area contributed by atoms with E-state index in [2.05, 4.69) is 107 Å². The third-order valence-electron chi connectivity index (χ3n) is 23.1. The average Bonchev–Trinajstić information content (AvgIpc) is 1.69. The van der Waals surface area contributed by atoms with Crippen molar-refractivity contribution in [2.24, 2.45) is 4.99 Å². The number of hydrogen-bond donors (Lipinski definition) is 1. The fraction of sp³-hybridized carbons (Fsp3) is 0.271. The number of hydrogen-bond acceptors (Lipinski definition) is 20. The van der Waals surface area contributed by atoms with Gasteiger partial charge in [0.1, 0.15) is 15.0 Å². The highest BCUT2D eigenvalue weighted by atomic mass is 35.5. The summed E-state index contributed by atoms with van der Waals surface area (Å²) in [5.41, 5.74) is 23.9. The molecule has 133 heavy (non-hydrogen) atoms. The van der Waals surface area contributed by atoms with Crippen LogP contribution in [-0.4, -0.2) is 109 Å². The number of rotatable bonds is 22. The third kappa shape index (κ3) is 19.8. The maximum atomic E-state index is 13.5. The second kappa shape index (κ2) is 37.4. The average molecular weight is 1880 g/mol. The Hall–Kier alpha value is -12.1. The molecule has 2 fully saturated rings. The van der Waals surface area contributed by atoms with E-state index in [1.54, 1.807) is 36.5 Å². The van der Waals surface area contributed by atoms with Gasteiger partial charge >= 0.3 is 17.9 Å². The van der Waals surface area contributed by atoms with E-state index in [-0.39, 0.29) is 13.2 Å². The minimum absolute atomic E-state index is 0.255. The van der Waals surface area contributed by atoms with E-state index in [9.17, 15) is 19.5 Å². The van der Waals surface area contributed by atoms with Crippen LogP contribution in [0.25, 0.3) is 151 Å². The Morgan fingerprint density at radius 2 is 0.752 bits per heavy atom. The Morgan fingerprint density at radius 1 is 0.421 bits per heavy atom. The number of carbonyl (C=O) groups excluding carboxylic acids is 2. The maximum Gasteiger partial charge on any atom is 0.339 e. The Labute approximate surface area is 798 Å². The van der Waals surface area contributed by atoms with Crippen LogP contribution in [0.5, 0.6) is 0 Å². The van der Waals surface area contributed by atoms with Crippen LogP contribution in [0, 0.1) is 20.8 Å². The number of nitrogens with zero attached hydrogens (tertiary/aromatic N) is 11. The number of fused-ring (bicyclic) bond motifs is 6. The molecule has 20 nitrogen and oxygen atoms in total. The first-order chi connectivity index (χ1) is 63.8. The van der Waals surface area contributed by atoms with E-state index in [1.165, 1.54) is 42.6 Å². The molecule has 2 saturated carbocycles. The van der Waals surface area contributed by atoms with Crippen molar-refractivity contribution >= 4 is 145 Å². The molecular formula is C107H98Cl3N11O9S3. The zero-order chi connectivity index (χ0) is 93.2. The summed E-state index contributed by atoms with van der Waals surface area (Å²) < 4.78 is 37.1. The van der Waals surface area contributed by atoms with Gasteiger partial charge < -0.3 is 28.8 Å². The van der Waals surface area contributed by atoms with Gasteiger partial charge in [-0.25, -0.2) is 29.3 Å². The fourth-order valence-corrected chi connectivity index (χ4v) is 20.7. The van der Waals surface area contributed by atoms with Gasteiger partial charge in [-0.05, 0) is 288 Å². The largest absolute Gasteiger partial charge is 0.479 e. The number of halogens is 3. The minimum Gasteiger partial charge on any atom is -0.479 e. The van der Waals surface area contributed by atoms with Crippen molar-refractivity contribution in [2.45, 2.75) is 176 Å². The van der Waals surface area contributed by atoms with Crippen molar-refractivity contribution < 1.29 is 43.2 Å². The molecule has 20 rings (SSSR count). The molecule has 9 heterocycles. The third-order valence-corrected chi connectivity index (χ3v) is 27.3. The SMILES string of the molecule is CCOC(=O)[C@@H](OC(C)(C)C)c1c(C)cc2nc(-c3ccnc(-c4ccc5c(c4)C=NC5)c3)sc2c1-c1ccc(Cl)cc1.CCOC(=O)[C@@H](OC(C)(C)C)c1c(C)cc2nc(-c3ccnc(-c4ccc5c(cnn5C5CC5)c4)c3)sc2c1-c1ccc(Cl)cc1.Cc1cc2nc(-c3ccnc(-c4ccc5c(cnn5C5CC5)c4)c3)sc2c(-c2ccc(Cl)cc2)c1[C@H](OC(C)(C)C)C(=O)O. The van der Waals surface area contributed by atoms with Crippen molar-refractivity contribution in [3.05, 3.63) is 273 Å².